The van der Waals surface area contributed by atoms with E-state index in [2.05, 4.69) is 13.8 Å². The van der Waals surface area contributed by atoms with Crippen molar-refractivity contribution in [1.29, 1.82) is 0 Å². The molecule has 40 heavy (non-hydrogen) atoms. The van der Waals surface area contributed by atoms with Gasteiger partial charge in [-0.2, -0.15) is 0 Å². The van der Waals surface area contributed by atoms with Gasteiger partial charge < -0.3 is 19.7 Å². The average Bonchev–Trinajstić information content (AvgIpc) is 3.40. The Balaban J connectivity index is 1.40. The fraction of sp³-hybridized carbons (Fsp3) is 0.424. The van der Waals surface area contributed by atoms with Crippen LogP contribution in [0.25, 0.3) is 0 Å². The molecule has 0 heterocycles. The SMILES string of the molecule is CC1CC2C(C3C=C(COC(=O)c4ccccc4)C(O)C4(O)C(OC(=O)c5ccccc5)C=CC14C3=O)C2(C)C. The molecular formula is C33H34O7. The monoisotopic (exact) mass is 542 g/mol. The van der Waals surface area contributed by atoms with E-state index in [-0.39, 0.29) is 46.7 Å². The quantitative estimate of drug-likeness (QED) is 0.431. The molecule has 0 aromatic heterocycles. The zero-order valence-electron chi connectivity index (χ0n) is 22.8. The van der Waals surface area contributed by atoms with Crippen molar-refractivity contribution < 1.29 is 34.1 Å². The van der Waals surface area contributed by atoms with Crippen LogP contribution in [0.3, 0.4) is 0 Å². The molecule has 2 N–H and O–H groups in total. The maximum Gasteiger partial charge on any atom is 0.338 e. The third-order valence-electron chi connectivity index (χ3n) is 10.0. The van der Waals surface area contributed by atoms with Crippen LogP contribution in [0.4, 0.5) is 0 Å². The van der Waals surface area contributed by atoms with Gasteiger partial charge >= 0.3 is 11.9 Å². The second-order valence-corrected chi connectivity index (χ2v) is 12.3. The number of hydrogen-bond acceptors (Lipinski definition) is 7. The molecule has 2 saturated carbocycles. The highest BCUT2D eigenvalue weighted by Crippen LogP contribution is 2.71. The number of Topliss-reactive ketones (excluding diaryl/α,β-unsaturated/α-hetero) is 1. The summed E-state index contributed by atoms with van der Waals surface area (Å²) in [7, 11) is 0. The minimum atomic E-state index is -2.19. The lowest BCUT2D eigenvalue weighted by atomic mass is 9.59. The largest absolute Gasteiger partial charge is 0.457 e. The normalized spacial score (nSPS) is 36.8. The van der Waals surface area contributed by atoms with Crippen LogP contribution >= 0.6 is 0 Å². The summed E-state index contributed by atoms with van der Waals surface area (Å²) in [6.07, 6.45) is 2.66. The van der Waals surface area contributed by atoms with E-state index in [4.69, 9.17) is 9.47 Å². The van der Waals surface area contributed by atoms with Crippen molar-refractivity contribution in [2.75, 3.05) is 6.61 Å². The van der Waals surface area contributed by atoms with Crippen molar-refractivity contribution in [3.05, 3.63) is 95.6 Å². The maximum absolute atomic E-state index is 14.5. The standard InChI is InChI=1S/C33H34O7/c1-19-16-24-26(31(24,2)3)23-17-22(18-39-29(36)20-10-6-4-7-11-20)27(34)33(38)25(14-15-32(19,33)28(23)35)40-30(37)21-12-8-5-9-13-21/h4-15,17,19,23-27,34,38H,16,18H2,1-3H3. The third kappa shape index (κ3) is 3.67. The summed E-state index contributed by atoms with van der Waals surface area (Å²) in [5, 5.41) is 24.5. The Morgan fingerprint density at radius 2 is 1.57 bits per heavy atom. The Bertz CT molecular complexity index is 1410. The Morgan fingerprint density at radius 1 is 0.975 bits per heavy atom. The first kappa shape index (κ1) is 26.7. The lowest BCUT2D eigenvalue weighted by Crippen LogP contribution is -2.65. The van der Waals surface area contributed by atoms with Crippen molar-refractivity contribution in [1.82, 2.24) is 0 Å². The Labute approximate surface area is 233 Å². The van der Waals surface area contributed by atoms with Crippen molar-refractivity contribution in [3.8, 4) is 0 Å². The van der Waals surface area contributed by atoms with Gasteiger partial charge in [0.2, 0.25) is 0 Å². The molecule has 4 aliphatic carbocycles. The molecule has 7 heteroatoms. The predicted octanol–water partition coefficient (Wildman–Crippen LogP) is 4.15. The van der Waals surface area contributed by atoms with Gasteiger partial charge in [-0.15, -0.1) is 0 Å². The summed E-state index contributed by atoms with van der Waals surface area (Å²) in [4.78, 5) is 40.4. The zero-order chi connectivity index (χ0) is 28.4. The van der Waals surface area contributed by atoms with Crippen molar-refractivity contribution in [3.63, 3.8) is 0 Å². The molecule has 0 saturated heterocycles. The fourth-order valence-electron chi connectivity index (χ4n) is 7.78. The molecule has 2 aromatic carbocycles. The topological polar surface area (TPSA) is 110 Å². The van der Waals surface area contributed by atoms with Crippen LogP contribution in [0.15, 0.2) is 84.5 Å². The van der Waals surface area contributed by atoms with E-state index in [1.807, 2.05) is 6.92 Å². The van der Waals surface area contributed by atoms with E-state index >= 15 is 0 Å². The number of aliphatic hydroxyl groups is 2. The highest BCUT2D eigenvalue weighted by atomic mass is 16.6. The minimum Gasteiger partial charge on any atom is -0.457 e. The summed E-state index contributed by atoms with van der Waals surface area (Å²) in [6, 6.07) is 16.9. The number of rotatable bonds is 5. The molecule has 1 spiro atoms. The van der Waals surface area contributed by atoms with Crippen molar-refractivity contribution >= 4 is 17.7 Å². The summed E-state index contributed by atoms with van der Waals surface area (Å²) in [6.45, 7) is 5.90. The van der Waals surface area contributed by atoms with Gasteiger partial charge in [0.15, 0.2) is 17.5 Å². The Morgan fingerprint density at radius 3 is 2.20 bits per heavy atom. The second-order valence-electron chi connectivity index (χ2n) is 12.3. The summed E-state index contributed by atoms with van der Waals surface area (Å²) in [5.74, 6) is -2.11. The molecule has 8 unspecified atom stereocenters. The first-order valence-corrected chi connectivity index (χ1v) is 13.9. The molecule has 208 valence electrons. The van der Waals surface area contributed by atoms with Crippen LogP contribution in [0, 0.1) is 34.5 Å². The van der Waals surface area contributed by atoms with Gasteiger partial charge in [-0.05, 0) is 65.5 Å². The summed E-state index contributed by atoms with van der Waals surface area (Å²) in [5.41, 5.74) is -2.89. The van der Waals surface area contributed by atoms with Crippen LogP contribution in [0.5, 0.6) is 0 Å². The molecule has 4 aliphatic rings. The van der Waals surface area contributed by atoms with E-state index in [1.165, 1.54) is 6.08 Å². The first-order valence-electron chi connectivity index (χ1n) is 13.9. The van der Waals surface area contributed by atoms with E-state index in [1.54, 1.807) is 72.8 Å². The minimum absolute atomic E-state index is 0.0236. The average molecular weight is 543 g/mol. The van der Waals surface area contributed by atoms with E-state index < -0.39 is 41.1 Å². The lowest BCUT2D eigenvalue weighted by Gasteiger charge is -2.48. The molecule has 8 atom stereocenters. The smallest absolute Gasteiger partial charge is 0.338 e. The molecule has 0 amide bonds. The van der Waals surface area contributed by atoms with Gasteiger partial charge in [-0.25, -0.2) is 9.59 Å². The van der Waals surface area contributed by atoms with Gasteiger partial charge in [0.25, 0.3) is 0 Å². The zero-order valence-corrected chi connectivity index (χ0v) is 22.8. The van der Waals surface area contributed by atoms with Crippen molar-refractivity contribution in [2.24, 2.45) is 34.5 Å². The molecule has 0 aliphatic heterocycles. The molecule has 6 rings (SSSR count). The molecule has 2 aromatic rings. The van der Waals surface area contributed by atoms with Crippen LogP contribution < -0.4 is 0 Å². The molecule has 7 nitrogen and oxygen atoms in total. The number of ether oxygens (including phenoxy) is 2. The van der Waals surface area contributed by atoms with Crippen LogP contribution in [-0.2, 0) is 14.3 Å². The van der Waals surface area contributed by atoms with Crippen LogP contribution in [0.1, 0.15) is 47.9 Å². The maximum atomic E-state index is 14.5. The number of carbonyl (C=O) groups excluding carboxylic acids is 3. The molecular weight excluding hydrogens is 508 g/mol. The number of hydrogen-bond donors (Lipinski definition) is 2. The number of allylic oxidation sites excluding steroid dienone is 1. The van der Waals surface area contributed by atoms with E-state index in [0.717, 1.165) is 0 Å². The van der Waals surface area contributed by atoms with E-state index in [0.29, 0.717) is 12.0 Å². The third-order valence-corrected chi connectivity index (χ3v) is 10.0. The van der Waals surface area contributed by atoms with Crippen LogP contribution in [0.2, 0.25) is 0 Å². The second kappa shape index (κ2) is 9.25. The van der Waals surface area contributed by atoms with E-state index in [9.17, 15) is 24.6 Å². The number of aliphatic hydroxyl groups excluding tert-OH is 1. The molecule has 2 fully saturated rings. The van der Waals surface area contributed by atoms with Gasteiger partial charge in [-0.1, -0.05) is 69.3 Å². The van der Waals surface area contributed by atoms with Gasteiger partial charge in [-0.3, -0.25) is 4.79 Å². The number of benzene rings is 2. The number of fused-ring (bicyclic) bond motifs is 3. The fourth-order valence-corrected chi connectivity index (χ4v) is 7.78. The Hall–Kier alpha value is -3.55. The Kier molecular flexibility index (Phi) is 6.16. The van der Waals surface area contributed by atoms with Crippen molar-refractivity contribution in [2.45, 2.75) is 45.0 Å². The summed E-state index contributed by atoms with van der Waals surface area (Å²) < 4.78 is 11.4. The first-order chi connectivity index (χ1) is 19.0. The number of carbonyl (C=O) groups is 3. The summed E-state index contributed by atoms with van der Waals surface area (Å²) >= 11 is 0. The predicted molar refractivity (Wildman–Crippen MR) is 146 cm³/mol. The van der Waals surface area contributed by atoms with Gasteiger partial charge in [0.05, 0.1) is 16.5 Å². The number of ketones is 1. The van der Waals surface area contributed by atoms with Gasteiger partial charge in [0.1, 0.15) is 12.7 Å². The lowest BCUT2D eigenvalue weighted by molar-refractivity contribution is -0.189. The highest BCUT2D eigenvalue weighted by molar-refractivity contribution is 5.96. The van der Waals surface area contributed by atoms with Gasteiger partial charge in [0, 0.05) is 5.92 Å². The molecule has 2 bridgehead atoms. The highest BCUT2D eigenvalue weighted by Gasteiger charge is 2.75. The molecule has 0 radical (unpaired) electrons. The number of esters is 2. The van der Waals surface area contributed by atoms with Crippen LogP contribution in [-0.4, -0.2) is 52.4 Å².